The quantitative estimate of drug-likeness (QED) is 0.493. The summed E-state index contributed by atoms with van der Waals surface area (Å²) in [6.07, 6.45) is 11.3. The van der Waals surface area contributed by atoms with Crippen LogP contribution in [0.2, 0.25) is 0 Å². The molecule has 2 rings (SSSR count). The van der Waals surface area contributed by atoms with Crippen molar-refractivity contribution in [1.29, 1.82) is 0 Å². The van der Waals surface area contributed by atoms with Crippen LogP contribution in [0.15, 0.2) is 59.6 Å². The van der Waals surface area contributed by atoms with Crippen molar-refractivity contribution in [2.24, 2.45) is 0 Å². The lowest BCUT2D eigenvalue weighted by Crippen LogP contribution is -1.93. The van der Waals surface area contributed by atoms with Gasteiger partial charge in [-0.1, -0.05) is 40.2 Å². The Morgan fingerprint density at radius 3 is 2.67 bits per heavy atom. The molecule has 1 aromatic carbocycles. The second-order valence-corrected chi connectivity index (χ2v) is 4.51. The zero-order valence-electron chi connectivity index (χ0n) is 9.53. The Bertz CT molecular complexity index is 568. The Labute approximate surface area is 114 Å². The predicted molar refractivity (Wildman–Crippen MR) is 75.7 cm³/mol. The third-order valence-electron chi connectivity index (χ3n) is 2.35. The van der Waals surface area contributed by atoms with Crippen LogP contribution in [-0.2, 0) is 4.79 Å². The molecule has 0 aliphatic rings. The van der Waals surface area contributed by atoms with Gasteiger partial charge in [0.25, 0.3) is 0 Å². The summed E-state index contributed by atoms with van der Waals surface area (Å²) in [5.41, 5.74) is 1.62. The first-order chi connectivity index (χ1) is 8.79. The van der Waals surface area contributed by atoms with E-state index in [0.29, 0.717) is 5.70 Å². The zero-order chi connectivity index (χ0) is 12.8. The van der Waals surface area contributed by atoms with Gasteiger partial charge in [0, 0.05) is 16.9 Å². The molecule has 0 unspecified atom stereocenters. The Hall–Kier alpha value is -1.94. The van der Waals surface area contributed by atoms with Gasteiger partial charge in [-0.3, -0.25) is 4.79 Å². The number of rotatable bonds is 4. The minimum atomic E-state index is 0.542. The van der Waals surface area contributed by atoms with Crippen molar-refractivity contribution >= 4 is 34.0 Å². The predicted octanol–water partition coefficient (Wildman–Crippen LogP) is 3.40. The van der Waals surface area contributed by atoms with Gasteiger partial charge in [0.05, 0.1) is 12.0 Å². The number of aromatic nitrogens is 2. The fraction of sp³-hybridized carbons (Fsp3) is 0. The van der Waals surface area contributed by atoms with E-state index < -0.39 is 0 Å². The topological polar surface area (TPSA) is 34.9 Å². The van der Waals surface area contributed by atoms with E-state index in [0.717, 1.165) is 16.3 Å². The molecule has 18 heavy (non-hydrogen) atoms. The normalized spacial score (nSPS) is 11.9. The standard InChI is InChI=1S/C14H11BrN2O/c15-13-6-4-12(5-7-13)2-1-3-14(10-18)17-9-8-16-11-17/h1-11H. The lowest BCUT2D eigenvalue weighted by Gasteiger charge is -1.97. The molecule has 0 aliphatic carbocycles. The van der Waals surface area contributed by atoms with Crippen LogP contribution in [0.4, 0.5) is 0 Å². The third kappa shape index (κ3) is 3.28. The summed E-state index contributed by atoms with van der Waals surface area (Å²) >= 11 is 3.38. The molecular formula is C14H11BrN2O. The maximum atomic E-state index is 10.9. The van der Waals surface area contributed by atoms with Crippen LogP contribution < -0.4 is 0 Å². The maximum Gasteiger partial charge on any atom is 0.166 e. The van der Waals surface area contributed by atoms with E-state index in [1.54, 1.807) is 29.4 Å². The van der Waals surface area contributed by atoms with Crippen LogP contribution in [0.5, 0.6) is 0 Å². The highest BCUT2D eigenvalue weighted by Crippen LogP contribution is 2.11. The first kappa shape index (κ1) is 12.5. The van der Waals surface area contributed by atoms with E-state index in [4.69, 9.17) is 0 Å². The number of aldehydes is 1. The summed E-state index contributed by atoms with van der Waals surface area (Å²) in [5, 5.41) is 0. The Morgan fingerprint density at radius 1 is 1.28 bits per heavy atom. The molecular weight excluding hydrogens is 292 g/mol. The average molecular weight is 303 g/mol. The number of hydrogen-bond acceptors (Lipinski definition) is 2. The molecule has 0 spiro atoms. The number of benzene rings is 1. The molecule has 2 aromatic rings. The van der Waals surface area contributed by atoms with Gasteiger partial charge in [-0.05, 0) is 23.8 Å². The van der Waals surface area contributed by atoms with Gasteiger partial charge in [-0.25, -0.2) is 4.98 Å². The van der Waals surface area contributed by atoms with Crippen LogP contribution in [0.1, 0.15) is 5.56 Å². The van der Waals surface area contributed by atoms with E-state index >= 15 is 0 Å². The molecule has 90 valence electrons. The smallest absolute Gasteiger partial charge is 0.166 e. The van der Waals surface area contributed by atoms with Crippen LogP contribution in [-0.4, -0.2) is 15.8 Å². The molecule has 0 fully saturated rings. The van der Waals surface area contributed by atoms with Crippen molar-refractivity contribution in [3.63, 3.8) is 0 Å². The molecule has 0 atom stereocenters. The van der Waals surface area contributed by atoms with E-state index in [2.05, 4.69) is 20.9 Å². The van der Waals surface area contributed by atoms with E-state index in [1.807, 2.05) is 36.4 Å². The van der Waals surface area contributed by atoms with Crippen LogP contribution >= 0.6 is 15.9 Å². The van der Waals surface area contributed by atoms with E-state index in [9.17, 15) is 4.79 Å². The third-order valence-corrected chi connectivity index (χ3v) is 2.88. The van der Waals surface area contributed by atoms with Gasteiger partial charge in [0.2, 0.25) is 0 Å². The highest BCUT2D eigenvalue weighted by atomic mass is 79.9. The lowest BCUT2D eigenvalue weighted by molar-refractivity contribution is -0.103. The molecule has 1 aromatic heterocycles. The van der Waals surface area contributed by atoms with Gasteiger partial charge < -0.3 is 4.57 Å². The minimum absolute atomic E-state index is 0.542. The first-order valence-corrected chi connectivity index (χ1v) is 6.16. The van der Waals surface area contributed by atoms with Gasteiger partial charge >= 0.3 is 0 Å². The summed E-state index contributed by atoms with van der Waals surface area (Å²) < 4.78 is 2.71. The van der Waals surface area contributed by atoms with Crippen molar-refractivity contribution in [3.05, 3.63) is 65.2 Å². The number of hydrogen-bond donors (Lipinski definition) is 0. The molecule has 0 N–H and O–H groups in total. The Balaban J connectivity index is 2.13. The molecule has 0 saturated carbocycles. The van der Waals surface area contributed by atoms with Gasteiger partial charge in [0.15, 0.2) is 6.29 Å². The highest BCUT2D eigenvalue weighted by Gasteiger charge is 1.94. The van der Waals surface area contributed by atoms with Crippen LogP contribution in [0.3, 0.4) is 0 Å². The summed E-state index contributed by atoms with van der Waals surface area (Å²) in [6, 6.07) is 7.93. The first-order valence-electron chi connectivity index (χ1n) is 5.37. The van der Waals surface area contributed by atoms with Crippen molar-refractivity contribution in [2.75, 3.05) is 0 Å². The molecule has 0 bridgehead atoms. The molecule has 0 amide bonds. The summed E-state index contributed by atoms with van der Waals surface area (Å²) in [6.45, 7) is 0. The average Bonchev–Trinajstić information content (AvgIpc) is 2.91. The summed E-state index contributed by atoms with van der Waals surface area (Å²) in [7, 11) is 0. The molecule has 3 nitrogen and oxygen atoms in total. The summed E-state index contributed by atoms with van der Waals surface area (Å²) in [5.74, 6) is 0. The molecule has 0 saturated heterocycles. The Morgan fingerprint density at radius 2 is 2.06 bits per heavy atom. The lowest BCUT2D eigenvalue weighted by atomic mass is 10.2. The van der Waals surface area contributed by atoms with Crippen molar-refractivity contribution < 1.29 is 4.79 Å². The van der Waals surface area contributed by atoms with Crippen molar-refractivity contribution in [2.45, 2.75) is 0 Å². The number of allylic oxidation sites excluding steroid dienone is 3. The number of carbonyl (C=O) groups is 1. The fourth-order valence-electron chi connectivity index (χ4n) is 1.43. The van der Waals surface area contributed by atoms with Crippen LogP contribution in [0.25, 0.3) is 11.8 Å². The number of nitrogens with zero attached hydrogens (tertiary/aromatic N) is 2. The second-order valence-electron chi connectivity index (χ2n) is 3.59. The van der Waals surface area contributed by atoms with E-state index in [-0.39, 0.29) is 0 Å². The number of halogens is 1. The molecule has 1 heterocycles. The monoisotopic (exact) mass is 302 g/mol. The fourth-order valence-corrected chi connectivity index (χ4v) is 1.69. The second kappa shape index (κ2) is 6.12. The van der Waals surface area contributed by atoms with Gasteiger partial charge in [-0.2, -0.15) is 0 Å². The zero-order valence-corrected chi connectivity index (χ0v) is 11.1. The SMILES string of the molecule is O=CC(=CC=Cc1ccc(Br)cc1)n1ccnc1. The van der Waals surface area contributed by atoms with Gasteiger partial charge in [-0.15, -0.1) is 0 Å². The largest absolute Gasteiger partial charge is 0.303 e. The van der Waals surface area contributed by atoms with Crippen LogP contribution in [0, 0.1) is 0 Å². The number of imidazole rings is 1. The minimum Gasteiger partial charge on any atom is -0.303 e. The van der Waals surface area contributed by atoms with Gasteiger partial charge in [0.1, 0.15) is 0 Å². The molecule has 0 aliphatic heterocycles. The van der Waals surface area contributed by atoms with Crippen molar-refractivity contribution in [1.82, 2.24) is 9.55 Å². The Kier molecular flexibility index (Phi) is 4.25. The molecule has 4 heteroatoms. The van der Waals surface area contributed by atoms with Crippen molar-refractivity contribution in [3.8, 4) is 0 Å². The molecule has 0 radical (unpaired) electrons. The number of carbonyl (C=O) groups excluding carboxylic acids is 1. The highest BCUT2D eigenvalue weighted by molar-refractivity contribution is 9.10. The maximum absolute atomic E-state index is 10.9. The van der Waals surface area contributed by atoms with E-state index in [1.165, 1.54) is 0 Å². The summed E-state index contributed by atoms with van der Waals surface area (Å²) in [4.78, 5) is 14.8.